The van der Waals surface area contributed by atoms with Crippen LogP contribution < -0.4 is 5.32 Å². The van der Waals surface area contributed by atoms with Crippen molar-refractivity contribution in [1.82, 2.24) is 34.3 Å². The third-order valence-corrected chi connectivity index (χ3v) is 8.15. The number of nitrogens with one attached hydrogen (secondary N) is 1. The maximum absolute atomic E-state index is 14.1. The molecule has 0 aliphatic carbocycles. The van der Waals surface area contributed by atoms with E-state index < -0.39 is 11.7 Å². The maximum atomic E-state index is 14.1. The van der Waals surface area contributed by atoms with Crippen molar-refractivity contribution >= 4 is 28.5 Å². The number of ketones is 1. The van der Waals surface area contributed by atoms with E-state index in [0.717, 1.165) is 30.3 Å². The molecule has 0 amide bonds. The number of carbonyl (C=O) groups excluding carboxylic acids is 1. The molecule has 0 spiro atoms. The molecule has 45 heavy (non-hydrogen) atoms. The number of anilines is 2. The number of pyridine rings is 1. The van der Waals surface area contributed by atoms with Crippen molar-refractivity contribution in [2.45, 2.75) is 26.1 Å². The van der Waals surface area contributed by atoms with E-state index in [4.69, 9.17) is 4.98 Å². The van der Waals surface area contributed by atoms with Gasteiger partial charge >= 0.3 is 6.18 Å². The molecule has 2 aromatic carbocycles. The summed E-state index contributed by atoms with van der Waals surface area (Å²) >= 11 is 0. The smallest absolute Gasteiger partial charge is 0.338 e. The summed E-state index contributed by atoms with van der Waals surface area (Å²) < 4.78 is 44.2. The van der Waals surface area contributed by atoms with E-state index in [1.54, 1.807) is 47.6 Å². The molecule has 0 saturated carbocycles. The number of fused-ring (bicyclic) bond motifs is 1. The highest BCUT2D eigenvalue weighted by atomic mass is 19.4. The van der Waals surface area contributed by atoms with Crippen LogP contribution >= 0.6 is 0 Å². The van der Waals surface area contributed by atoms with Gasteiger partial charge in [-0.3, -0.25) is 14.7 Å². The number of benzene rings is 2. The third-order valence-electron chi connectivity index (χ3n) is 8.15. The van der Waals surface area contributed by atoms with Crippen LogP contribution in [0.25, 0.3) is 22.6 Å². The van der Waals surface area contributed by atoms with Crippen molar-refractivity contribution in [3.63, 3.8) is 0 Å². The van der Waals surface area contributed by atoms with Crippen LogP contribution in [0.2, 0.25) is 0 Å². The number of aromatic nitrogens is 5. The normalized spacial score (nSPS) is 14.6. The lowest BCUT2D eigenvalue weighted by atomic mass is 9.97. The standard InChI is InChI=1S/C33H33F3N8O/c1-21-4-6-24(18-27(21)39-31-29-32(43(3)20-38-29)41-30(40-31)23-8-10-37-11-9-23)28(45)17-22-5-7-25(26(16-22)33(34,35)36)19-44-14-12-42(2)13-15-44/h4-11,16,18,20H,12-15,17,19H2,1-3H3,(H,39,40,41). The van der Waals surface area contributed by atoms with Gasteiger partial charge in [0.25, 0.3) is 0 Å². The Morgan fingerprint density at radius 3 is 2.44 bits per heavy atom. The number of aryl methyl sites for hydroxylation is 2. The Morgan fingerprint density at radius 2 is 1.71 bits per heavy atom. The molecule has 0 bridgehead atoms. The molecule has 12 heteroatoms. The number of Topliss-reactive ketones (excluding diaryl/α,β-unsaturated/α-hetero) is 1. The molecule has 1 fully saturated rings. The fraction of sp³-hybridized carbons (Fsp3) is 0.303. The van der Waals surface area contributed by atoms with Crippen LogP contribution in [0.3, 0.4) is 0 Å². The number of rotatable bonds is 8. The highest BCUT2D eigenvalue weighted by Gasteiger charge is 2.34. The van der Waals surface area contributed by atoms with Gasteiger partial charge in [0.2, 0.25) is 0 Å². The van der Waals surface area contributed by atoms with Crippen molar-refractivity contribution in [2.75, 3.05) is 38.5 Å². The predicted molar refractivity (Wildman–Crippen MR) is 166 cm³/mol. The van der Waals surface area contributed by atoms with E-state index in [2.05, 4.69) is 25.2 Å². The quantitative estimate of drug-likeness (QED) is 0.224. The minimum Gasteiger partial charge on any atom is -0.338 e. The van der Waals surface area contributed by atoms with Gasteiger partial charge in [0, 0.05) is 75.4 Å². The Labute approximate surface area is 258 Å². The minimum atomic E-state index is -4.52. The number of piperazine rings is 1. The van der Waals surface area contributed by atoms with Crippen LogP contribution in [0.1, 0.15) is 32.6 Å². The summed E-state index contributed by atoms with van der Waals surface area (Å²) in [5, 5.41) is 3.32. The Hall–Kier alpha value is -4.68. The van der Waals surface area contributed by atoms with Gasteiger partial charge in [0.05, 0.1) is 11.9 Å². The van der Waals surface area contributed by atoms with E-state index in [-0.39, 0.29) is 24.3 Å². The molecule has 4 heterocycles. The molecule has 5 aromatic rings. The summed E-state index contributed by atoms with van der Waals surface area (Å²) in [6, 6.07) is 13.1. The van der Waals surface area contributed by atoms with E-state index in [1.807, 2.05) is 38.1 Å². The van der Waals surface area contributed by atoms with Gasteiger partial charge in [-0.2, -0.15) is 13.2 Å². The van der Waals surface area contributed by atoms with Gasteiger partial charge in [0.1, 0.15) is 0 Å². The zero-order valence-electron chi connectivity index (χ0n) is 25.3. The van der Waals surface area contributed by atoms with Crippen LogP contribution in [0.4, 0.5) is 24.7 Å². The number of hydrogen-bond acceptors (Lipinski definition) is 8. The SMILES string of the molecule is Cc1ccc(C(=O)Cc2ccc(CN3CCN(C)CC3)c(C(F)(F)F)c2)cc1Nc1nc(-c2ccncc2)nc2c1ncn2C. The number of alkyl halides is 3. The fourth-order valence-electron chi connectivity index (χ4n) is 5.45. The molecule has 1 aliphatic heterocycles. The fourth-order valence-corrected chi connectivity index (χ4v) is 5.45. The summed E-state index contributed by atoms with van der Waals surface area (Å²) in [6.07, 6.45) is 0.295. The van der Waals surface area contributed by atoms with E-state index >= 15 is 0 Å². The molecular formula is C33H33F3N8O. The number of nitrogens with zero attached hydrogens (tertiary/aromatic N) is 7. The highest BCUT2D eigenvalue weighted by molar-refractivity contribution is 5.99. The minimum absolute atomic E-state index is 0.162. The molecule has 0 unspecified atom stereocenters. The van der Waals surface area contributed by atoms with E-state index in [1.165, 1.54) is 6.07 Å². The van der Waals surface area contributed by atoms with Crippen LogP contribution in [0.15, 0.2) is 67.3 Å². The average Bonchev–Trinajstić information content (AvgIpc) is 3.40. The average molecular weight is 615 g/mol. The topological polar surface area (TPSA) is 92.1 Å². The number of likely N-dealkylation sites (N-methyl/N-ethyl adjacent to an activating group) is 1. The first-order chi connectivity index (χ1) is 21.5. The van der Waals surface area contributed by atoms with Gasteiger partial charge in [0.15, 0.2) is 28.6 Å². The second-order valence-electron chi connectivity index (χ2n) is 11.5. The maximum Gasteiger partial charge on any atom is 0.416 e. The van der Waals surface area contributed by atoms with Crippen molar-refractivity contribution in [1.29, 1.82) is 0 Å². The summed E-state index contributed by atoms with van der Waals surface area (Å²) in [5.41, 5.74) is 3.68. The van der Waals surface area contributed by atoms with Crippen LogP contribution in [0.5, 0.6) is 0 Å². The van der Waals surface area contributed by atoms with Gasteiger partial charge in [-0.1, -0.05) is 24.3 Å². The number of carbonyl (C=O) groups is 1. The Morgan fingerprint density at radius 1 is 0.956 bits per heavy atom. The van der Waals surface area contributed by atoms with Gasteiger partial charge in [-0.05, 0) is 54.9 Å². The van der Waals surface area contributed by atoms with E-state index in [9.17, 15) is 18.0 Å². The van der Waals surface area contributed by atoms with Crippen molar-refractivity contribution in [2.24, 2.45) is 7.05 Å². The Balaban J connectivity index is 1.25. The van der Waals surface area contributed by atoms with Crippen LogP contribution in [-0.2, 0) is 26.2 Å². The first-order valence-electron chi connectivity index (χ1n) is 14.7. The van der Waals surface area contributed by atoms with Gasteiger partial charge in [-0.25, -0.2) is 15.0 Å². The number of hydrogen-bond donors (Lipinski definition) is 1. The van der Waals surface area contributed by atoms with Crippen LogP contribution in [0, 0.1) is 6.92 Å². The Kier molecular flexibility index (Phi) is 8.34. The lowest BCUT2D eigenvalue weighted by Gasteiger charge is -2.33. The summed E-state index contributed by atoms with van der Waals surface area (Å²) in [5.74, 6) is 0.657. The lowest BCUT2D eigenvalue weighted by Crippen LogP contribution is -2.44. The molecular weight excluding hydrogens is 581 g/mol. The third kappa shape index (κ3) is 6.71. The molecule has 3 aromatic heterocycles. The first kappa shape index (κ1) is 30.4. The predicted octanol–water partition coefficient (Wildman–Crippen LogP) is 5.67. The summed E-state index contributed by atoms with van der Waals surface area (Å²) in [6.45, 7) is 5.17. The molecule has 0 atom stereocenters. The number of halogens is 3. The molecule has 232 valence electrons. The van der Waals surface area contributed by atoms with Gasteiger partial charge < -0.3 is 14.8 Å². The molecule has 0 radical (unpaired) electrons. The second kappa shape index (κ2) is 12.4. The summed E-state index contributed by atoms with van der Waals surface area (Å²) in [4.78, 5) is 35.5. The largest absolute Gasteiger partial charge is 0.416 e. The highest BCUT2D eigenvalue weighted by Crippen LogP contribution is 2.34. The van der Waals surface area contributed by atoms with Crippen molar-refractivity contribution in [3.05, 3.63) is 95.1 Å². The van der Waals surface area contributed by atoms with Gasteiger partial charge in [-0.15, -0.1) is 0 Å². The first-order valence-corrected chi connectivity index (χ1v) is 14.7. The van der Waals surface area contributed by atoms with Crippen LogP contribution in [-0.4, -0.2) is 73.3 Å². The number of imidazole rings is 1. The molecule has 6 rings (SSSR count). The zero-order chi connectivity index (χ0) is 31.7. The molecule has 1 N–H and O–H groups in total. The molecule has 1 aliphatic rings. The summed E-state index contributed by atoms with van der Waals surface area (Å²) in [7, 11) is 3.85. The Bertz CT molecular complexity index is 1850. The molecule has 1 saturated heterocycles. The second-order valence-corrected chi connectivity index (χ2v) is 11.5. The van der Waals surface area contributed by atoms with Crippen molar-refractivity contribution in [3.8, 4) is 11.4 Å². The monoisotopic (exact) mass is 614 g/mol. The lowest BCUT2D eigenvalue weighted by molar-refractivity contribution is -0.138. The molecule has 9 nitrogen and oxygen atoms in total. The zero-order valence-corrected chi connectivity index (χ0v) is 25.3. The van der Waals surface area contributed by atoms with E-state index in [0.29, 0.717) is 52.7 Å². The van der Waals surface area contributed by atoms with Crippen molar-refractivity contribution < 1.29 is 18.0 Å².